The van der Waals surface area contributed by atoms with Gasteiger partial charge in [0.15, 0.2) is 0 Å². The molecule has 3 heteroatoms. The van der Waals surface area contributed by atoms with Crippen molar-refractivity contribution in [2.24, 2.45) is 0 Å². The van der Waals surface area contributed by atoms with Gasteiger partial charge in [-0.1, -0.05) is 40.8 Å². The fourth-order valence-electron chi connectivity index (χ4n) is 1.01. The zero-order valence-corrected chi connectivity index (χ0v) is 9.08. The Morgan fingerprint density at radius 1 is 1.83 bits per heavy atom. The lowest BCUT2D eigenvalue weighted by Gasteiger charge is -2.09. The molecule has 0 aromatic carbocycles. The minimum absolute atomic E-state index is 0.169. The van der Waals surface area contributed by atoms with Crippen LogP contribution in [0.2, 0.25) is 0 Å². The Bertz CT molecular complexity index is 231. The standard InChI is InChI=1S/C9H11IO2/c1-12-9(11)6-7-2-4-8(10)5-3-7/h2-4,8H,5-6H2,1H3. The first kappa shape index (κ1) is 9.77. The highest BCUT2D eigenvalue weighted by Crippen LogP contribution is 2.19. The molecule has 1 rings (SSSR count). The molecule has 0 N–H and O–H groups in total. The van der Waals surface area contributed by atoms with Crippen LogP contribution in [0.25, 0.3) is 0 Å². The average molecular weight is 278 g/mol. The fourth-order valence-corrected chi connectivity index (χ4v) is 1.47. The Balaban J connectivity index is 2.45. The smallest absolute Gasteiger partial charge is 0.309 e. The molecule has 1 aliphatic carbocycles. The molecule has 0 heterocycles. The van der Waals surface area contributed by atoms with Crippen LogP contribution in [0.3, 0.4) is 0 Å². The van der Waals surface area contributed by atoms with E-state index < -0.39 is 0 Å². The van der Waals surface area contributed by atoms with Crippen LogP contribution in [-0.2, 0) is 9.53 Å². The lowest BCUT2D eigenvalue weighted by molar-refractivity contribution is -0.139. The molecule has 0 radical (unpaired) electrons. The number of esters is 1. The third-order valence-corrected chi connectivity index (χ3v) is 2.62. The van der Waals surface area contributed by atoms with Crippen LogP contribution < -0.4 is 0 Å². The van der Waals surface area contributed by atoms with Crippen molar-refractivity contribution in [2.45, 2.75) is 16.8 Å². The maximum atomic E-state index is 10.9. The molecule has 0 saturated carbocycles. The van der Waals surface area contributed by atoms with Crippen LogP contribution in [0.15, 0.2) is 23.8 Å². The monoisotopic (exact) mass is 278 g/mol. The van der Waals surface area contributed by atoms with E-state index in [0.717, 1.165) is 12.0 Å². The molecular formula is C9H11IO2. The number of ether oxygens (including phenoxy) is 1. The summed E-state index contributed by atoms with van der Waals surface area (Å²) >= 11 is 2.36. The molecule has 0 amide bonds. The number of carbonyl (C=O) groups is 1. The Morgan fingerprint density at radius 2 is 2.58 bits per heavy atom. The quantitative estimate of drug-likeness (QED) is 0.440. The van der Waals surface area contributed by atoms with E-state index >= 15 is 0 Å². The van der Waals surface area contributed by atoms with Crippen molar-refractivity contribution in [1.29, 1.82) is 0 Å². The van der Waals surface area contributed by atoms with Gasteiger partial charge in [0.25, 0.3) is 0 Å². The van der Waals surface area contributed by atoms with Crippen LogP contribution >= 0.6 is 22.6 Å². The highest BCUT2D eigenvalue weighted by Gasteiger charge is 2.08. The van der Waals surface area contributed by atoms with Gasteiger partial charge in [-0.3, -0.25) is 4.79 Å². The normalized spacial score (nSPS) is 21.8. The van der Waals surface area contributed by atoms with E-state index in [1.165, 1.54) is 7.11 Å². The molecule has 0 bridgehead atoms. The molecule has 1 aliphatic rings. The van der Waals surface area contributed by atoms with Gasteiger partial charge in [0, 0.05) is 3.92 Å². The number of alkyl halides is 1. The molecule has 0 saturated heterocycles. The Hall–Kier alpha value is -0.320. The van der Waals surface area contributed by atoms with E-state index in [4.69, 9.17) is 0 Å². The van der Waals surface area contributed by atoms with Crippen molar-refractivity contribution in [2.75, 3.05) is 7.11 Å². The molecule has 0 aliphatic heterocycles. The summed E-state index contributed by atoms with van der Waals surface area (Å²) in [6, 6.07) is 0. The number of halogens is 1. The third-order valence-electron chi connectivity index (χ3n) is 1.70. The van der Waals surface area contributed by atoms with Gasteiger partial charge >= 0.3 is 5.97 Å². The molecule has 0 spiro atoms. The number of allylic oxidation sites excluding steroid dienone is 3. The number of hydrogen-bond acceptors (Lipinski definition) is 2. The van der Waals surface area contributed by atoms with Crippen molar-refractivity contribution in [3.05, 3.63) is 23.8 Å². The van der Waals surface area contributed by atoms with Gasteiger partial charge < -0.3 is 4.74 Å². The summed E-state index contributed by atoms with van der Waals surface area (Å²) < 4.78 is 5.14. The second kappa shape index (κ2) is 4.64. The highest BCUT2D eigenvalue weighted by atomic mass is 127. The summed E-state index contributed by atoms with van der Waals surface area (Å²) in [7, 11) is 1.41. The summed E-state index contributed by atoms with van der Waals surface area (Å²) in [5.74, 6) is -0.169. The van der Waals surface area contributed by atoms with Gasteiger partial charge in [-0.15, -0.1) is 0 Å². The average Bonchev–Trinajstić information content (AvgIpc) is 2.09. The zero-order chi connectivity index (χ0) is 8.97. The molecule has 0 aromatic rings. The van der Waals surface area contributed by atoms with E-state index in [1.54, 1.807) is 0 Å². The van der Waals surface area contributed by atoms with E-state index in [-0.39, 0.29) is 5.97 Å². The second-order valence-electron chi connectivity index (χ2n) is 2.64. The third kappa shape index (κ3) is 2.97. The van der Waals surface area contributed by atoms with Gasteiger partial charge in [-0.2, -0.15) is 0 Å². The van der Waals surface area contributed by atoms with Gasteiger partial charge in [0.05, 0.1) is 13.5 Å². The first-order chi connectivity index (χ1) is 5.72. The Kier molecular flexibility index (Phi) is 3.78. The van der Waals surface area contributed by atoms with Crippen molar-refractivity contribution in [3.8, 4) is 0 Å². The van der Waals surface area contributed by atoms with Crippen LogP contribution in [-0.4, -0.2) is 17.0 Å². The molecule has 2 nitrogen and oxygen atoms in total. The maximum Gasteiger partial charge on any atom is 0.309 e. The van der Waals surface area contributed by atoms with Crippen LogP contribution in [0.4, 0.5) is 0 Å². The number of hydrogen-bond donors (Lipinski definition) is 0. The van der Waals surface area contributed by atoms with Crippen molar-refractivity contribution in [3.63, 3.8) is 0 Å². The summed E-state index contributed by atoms with van der Waals surface area (Å²) in [5, 5.41) is 0. The summed E-state index contributed by atoms with van der Waals surface area (Å²) in [6.45, 7) is 0. The van der Waals surface area contributed by atoms with Gasteiger partial charge in [-0.05, 0) is 12.0 Å². The SMILES string of the molecule is COC(=O)CC1=CCC(I)C=C1. The summed E-state index contributed by atoms with van der Waals surface area (Å²) in [4.78, 5) is 10.9. The maximum absolute atomic E-state index is 10.9. The molecule has 12 heavy (non-hydrogen) atoms. The first-order valence-electron chi connectivity index (χ1n) is 3.80. The van der Waals surface area contributed by atoms with Gasteiger partial charge in [0.2, 0.25) is 0 Å². The number of carbonyl (C=O) groups excluding carboxylic acids is 1. The lowest BCUT2D eigenvalue weighted by Crippen LogP contribution is -2.04. The zero-order valence-electron chi connectivity index (χ0n) is 6.92. The minimum atomic E-state index is -0.169. The van der Waals surface area contributed by atoms with Crippen molar-refractivity contribution in [1.82, 2.24) is 0 Å². The number of methoxy groups -OCH3 is 1. The van der Waals surface area contributed by atoms with Crippen molar-refractivity contribution >= 4 is 28.6 Å². The molecular weight excluding hydrogens is 267 g/mol. The highest BCUT2D eigenvalue weighted by molar-refractivity contribution is 14.1. The fraction of sp³-hybridized carbons (Fsp3) is 0.444. The topological polar surface area (TPSA) is 26.3 Å². The van der Waals surface area contributed by atoms with Crippen LogP contribution in [0, 0.1) is 0 Å². The predicted molar refractivity (Wildman–Crippen MR) is 56.3 cm³/mol. The van der Waals surface area contributed by atoms with Crippen LogP contribution in [0.1, 0.15) is 12.8 Å². The second-order valence-corrected chi connectivity index (χ2v) is 4.24. The molecule has 66 valence electrons. The molecule has 1 unspecified atom stereocenters. The largest absolute Gasteiger partial charge is 0.469 e. The van der Waals surface area contributed by atoms with Crippen molar-refractivity contribution < 1.29 is 9.53 Å². The summed E-state index contributed by atoms with van der Waals surface area (Å²) in [6.07, 6.45) is 7.62. The molecule has 0 aromatic heterocycles. The van der Waals surface area contributed by atoms with Crippen LogP contribution in [0.5, 0.6) is 0 Å². The Labute approximate surface area is 85.8 Å². The van der Waals surface area contributed by atoms with Gasteiger partial charge in [-0.25, -0.2) is 0 Å². The van der Waals surface area contributed by atoms with E-state index in [9.17, 15) is 4.79 Å². The summed E-state index contributed by atoms with van der Waals surface area (Å²) in [5.41, 5.74) is 1.06. The van der Waals surface area contributed by atoms with E-state index in [2.05, 4.69) is 39.5 Å². The molecule has 0 fully saturated rings. The molecule has 1 atom stereocenters. The Morgan fingerprint density at radius 3 is 3.08 bits per heavy atom. The predicted octanol–water partition coefficient (Wildman–Crippen LogP) is 2.24. The number of rotatable bonds is 2. The first-order valence-corrected chi connectivity index (χ1v) is 5.05. The lowest BCUT2D eigenvalue weighted by atomic mass is 10.0. The van der Waals surface area contributed by atoms with E-state index in [0.29, 0.717) is 10.3 Å². The van der Waals surface area contributed by atoms with E-state index in [1.807, 2.05) is 6.08 Å². The van der Waals surface area contributed by atoms with Gasteiger partial charge in [0.1, 0.15) is 0 Å². The minimum Gasteiger partial charge on any atom is -0.469 e.